The first-order chi connectivity index (χ1) is 14.7. The number of aliphatic hydroxyl groups is 1. The van der Waals surface area contributed by atoms with Crippen LogP contribution >= 0.6 is 0 Å². The van der Waals surface area contributed by atoms with Crippen LogP contribution in [0.4, 0.5) is 0 Å². The van der Waals surface area contributed by atoms with Crippen LogP contribution in [-0.2, 0) is 4.43 Å². The molecule has 1 N–H and O–H groups in total. The first-order valence-electron chi connectivity index (χ1n) is 12.1. The van der Waals surface area contributed by atoms with Gasteiger partial charge in [-0.3, -0.25) is 0 Å². The fraction of sp³-hybridized carbons (Fsp3) is 0.571. The van der Waals surface area contributed by atoms with E-state index in [-0.39, 0.29) is 5.04 Å². The zero-order valence-corrected chi connectivity index (χ0v) is 21.6. The SMILES string of the molecule is C[C@@H](CCO[Si](c1ccccc1)(c1ccccc1)C(C)(C)C)CC[C@@H](C)C[C@@H](C)CO. The summed E-state index contributed by atoms with van der Waals surface area (Å²) in [5.41, 5.74) is 0. The van der Waals surface area contributed by atoms with Gasteiger partial charge in [0.2, 0.25) is 0 Å². The molecule has 0 spiro atoms. The van der Waals surface area contributed by atoms with E-state index in [1.54, 1.807) is 0 Å². The van der Waals surface area contributed by atoms with Crippen LogP contribution in [0.25, 0.3) is 0 Å². The summed E-state index contributed by atoms with van der Waals surface area (Å²) in [6.07, 6.45) is 4.66. The first-order valence-corrected chi connectivity index (χ1v) is 14.0. The summed E-state index contributed by atoms with van der Waals surface area (Å²) in [7, 11) is -2.42. The van der Waals surface area contributed by atoms with Crippen molar-refractivity contribution in [1.82, 2.24) is 0 Å². The zero-order valence-electron chi connectivity index (χ0n) is 20.6. The van der Waals surface area contributed by atoms with Gasteiger partial charge < -0.3 is 9.53 Å². The quantitative estimate of drug-likeness (QED) is 0.409. The molecule has 2 rings (SSSR count). The molecule has 3 atom stereocenters. The average molecular weight is 441 g/mol. The van der Waals surface area contributed by atoms with Gasteiger partial charge in [0.1, 0.15) is 0 Å². The molecule has 0 saturated carbocycles. The monoisotopic (exact) mass is 440 g/mol. The molecule has 0 aliphatic rings. The van der Waals surface area contributed by atoms with Gasteiger partial charge in [-0.15, -0.1) is 0 Å². The average Bonchev–Trinajstić information content (AvgIpc) is 2.75. The molecule has 0 bridgehead atoms. The third kappa shape index (κ3) is 7.03. The Balaban J connectivity index is 2.11. The smallest absolute Gasteiger partial charge is 0.261 e. The van der Waals surface area contributed by atoms with Crippen LogP contribution in [0, 0.1) is 17.8 Å². The summed E-state index contributed by atoms with van der Waals surface area (Å²) in [5.74, 6) is 1.72. The lowest BCUT2D eigenvalue weighted by Gasteiger charge is -2.43. The first kappa shape index (κ1) is 25.8. The molecule has 0 unspecified atom stereocenters. The Kier molecular flexibility index (Phi) is 9.99. The van der Waals surface area contributed by atoms with Gasteiger partial charge >= 0.3 is 0 Å². The minimum absolute atomic E-state index is 0.0356. The predicted molar refractivity (Wildman–Crippen MR) is 137 cm³/mol. The van der Waals surface area contributed by atoms with E-state index in [2.05, 4.69) is 102 Å². The van der Waals surface area contributed by atoms with Crippen molar-refractivity contribution in [3.05, 3.63) is 60.7 Å². The summed E-state index contributed by atoms with van der Waals surface area (Å²) in [4.78, 5) is 0. The van der Waals surface area contributed by atoms with Crippen LogP contribution in [0.2, 0.25) is 5.04 Å². The molecular weight excluding hydrogens is 396 g/mol. The van der Waals surface area contributed by atoms with Crippen LogP contribution < -0.4 is 10.4 Å². The van der Waals surface area contributed by atoms with E-state index in [1.165, 1.54) is 23.2 Å². The summed E-state index contributed by atoms with van der Waals surface area (Å²) < 4.78 is 7.03. The largest absolute Gasteiger partial charge is 0.407 e. The van der Waals surface area contributed by atoms with Gasteiger partial charge in [0, 0.05) is 13.2 Å². The van der Waals surface area contributed by atoms with Crippen LogP contribution in [0.5, 0.6) is 0 Å². The maximum absolute atomic E-state index is 9.29. The van der Waals surface area contributed by atoms with Crippen molar-refractivity contribution in [2.75, 3.05) is 13.2 Å². The number of aliphatic hydroxyl groups excluding tert-OH is 1. The Labute approximate surface area is 192 Å². The Bertz CT molecular complexity index is 699. The number of hydrogen-bond acceptors (Lipinski definition) is 2. The highest BCUT2D eigenvalue weighted by atomic mass is 28.4. The normalized spacial score (nSPS) is 15.5. The molecule has 2 aromatic rings. The molecule has 0 radical (unpaired) electrons. The third-order valence-electron chi connectivity index (χ3n) is 6.61. The van der Waals surface area contributed by atoms with E-state index in [1.807, 2.05) is 0 Å². The van der Waals surface area contributed by atoms with Crippen LogP contribution in [0.1, 0.15) is 67.2 Å². The molecule has 172 valence electrons. The maximum Gasteiger partial charge on any atom is 0.261 e. The minimum Gasteiger partial charge on any atom is -0.407 e. The lowest BCUT2D eigenvalue weighted by molar-refractivity contribution is 0.208. The van der Waals surface area contributed by atoms with E-state index in [0.29, 0.717) is 24.4 Å². The van der Waals surface area contributed by atoms with Crippen LogP contribution in [0.3, 0.4) is 0 Å². The van der Waals surface area contributed by atoms with Gasteiger partial charge in [-0.1, -0.05) is 115 Å². The van der Waals surface area contributed by atoms with E-state index in [9.17, 15) is 5.11 Å². The summed E-state index contributed by atoms with van der Waals surface area (Å²) in [5, 5.41) is 12.0. The Morgan fingerprint density at radius 3 is 1.68 bits per heavy atom. The lowest BCUT2D eigenvalue weighted by atomic mass is 9.90. The third-order valence-corrected chi connectivity index (χ3v) is 11.7. The molecule has 0 heterocycles. The van der Waals surface area contributed by atoms with E-state index < -0.39 is 8.32 Å². The molecule has 0 aliphatic carbocycles. The van der Waals surface area contributed by atoms with Crippen molar-refractivity contribution in [3.8, 4) is 0 Å². The molecule has 0 aliphatic heterocycles. The topological polar surface area (TPSA) is 29.5 Å². The Morgan fingerprint density at radius 2 is 1.23 bits per heavy atom. The standard InChI is InChI=1S/C28H44O2Si/c1-23(17-18-24(2)21-25(3)22-29)19-20-30-31(28(4,5)6,26-13-9-7-10-14-26)27-15-11-8-12-16-27/h7-16,23-25,29H,17-22H2,1-6H3/t23-,24-,25-/m1/s1. The van der Waals surface area contributed by atoms with Crippen LogP contribution in [-0.4, -0.2) is 26.6 Å². The lowest BCUT2D eigenvalue weighted by Crippen LogP contribution is -2.66. The van der Waals surface area contributed by atoms with E-state index in [4.69, 9.17) is 4.43 Å². The second kappa shape index (κ2) is 12.0. The second-order valence-electron chi connectivity index (χ2n) is 10.6. The van der Waals surface area contributed by atoms with Crippen molar-refractivity contribution in [2.24, 2.45) is 17.8 Å². The van der Waals surface area contributed by atoms with Crippen LogP contribution in [0.15, 0.2) is 60.7 Å². The van der Waals surface area contributed by atoms with Crippen molar-refractivity contribution in [3.63, 3.8) is 0 Å². The summed E-state index contributed by atoms with van der Waals surface area (Å²) in [6, 6.07) is 21.8. The highest BCUT2D eigenvalue weighted by molar-refractivity contribution is 6.99. The van der Waals surface area contributed by atoms with Gasteiger partial charge in [-0.2, -0.15) is 0 Å². The minimum atomic E-state index is -2.42. The molecule has 3 heteroatoms. The van der Waals surface area contributed by atoms with Gasteiger partial charge in [-0.05, 0) is 46.0 Å². The van der Waals surface area contributed by atoms with Gasteiger partial charge in [0.25, 0.3) is 8.32 Å². The highest BCUT2D eigenvalue weighted by Crippen LogP contribution is 2.37. The molecule has 2 aromatic carbocycles. The summed E-state index contributed by atoms with van der Waals surface area (Å²) >= 11 is 0. The van der Waals surface area contributed by atoms with Gasteiger partial charge in [0.05, 0.1) is 0 Å². The molecule has 0 aromatic heterocycles. The van der Waals surface area contributed by atoms with Crippen molar-refractivity contribution < 1.29 is 9.53 Å². The zero-order chi connectivity index (χ0) is 22.9. The fourth-order valence-electron chi connectivity index (χ4n) is 4.77. The predicted octanol–water partition coefficient (Wildman–Crippen LogP) is 6.02. The fourth-order valence-corrected chi connectivity index (χ4v) is 9.35. The maximum atomic E-state index is 9.29. The van der Waals surface area contributed by atoms with Gasteiger partial charge in [0.15, 0.2) is 0 Å². The molecule has 0 fully saturated rings. The molecule has 0 saturated heterocycles. The Hall–Kier alpha value is -1.42. The van der Waals surface area contributed by atoms with Crippen molar-refractivity contribution in [1.29, 1.82) is 0 Å². The Morgan fingerprint density at radius 1 is 0.742 bits per heavy atom. The van der Waals surface area contributed by atoms with Crippen molar-refractivity contribution in [2.45, 2.75) is 72.3 Å². The molecule has 2 nitrogen and oxygen atoms in total. The van der Waals surface area contributed by atoms with Crippen molar-refractivity contribution >= 4 is 18.7 Å². The molecule has 31 heavy (non-hydrogen) atoms. The number of benzene rings is 2. The number of hydrogen-bond donors (Lipinski definition) is 1. The van der Waals surface area contributed by atoms with Gasteiger partial charge in [-0.25, -0.2) is 0 Å². The van der Waals surface area contributed by atoms with E-state index in [0.717, 1.165) is 19.4 Å². The molecular formula is C28H44O2Si. The number of rotatable bonds is 12. The second-order valence-corrected chi connectivity index (χ2v) is 14.9. The molecule has 0 amide bonds. The highest BCUT2D eigenvalue weighted by Gasteiger charge is 2.49. The van der Waals surface area contributed by atoms with E-state index >= 15 is 0 Å². The summed E-state index contributed by atoms with van der Waals surface area (Å²) in [6.45, 7) is 14.9.